The number of ether oxygens (including phenoxy) is 1. The van der Waals surface area contributed by atoms with Gasteiger partial charge in [-0.05, 0) is 55.7 Å². The molecule has 4 N–H and O–H groups in total. The highest BCUT2D eigenvalue weighted by Gasteiger charge is 2.45. The number of amides is 6. The van der Waals surface area contributed by atoms with Gasteiger partial charge in [0.2, 0.25) is 23.6 Å². The average Bonchev–Trinajstić information content (AvgIpc) is 3.48. The first-order valence-electron chi connectivity index (χ1n) is 19.1. The Kier molecular flexibility index (Phi) is 12.4. The lowest BCUT2D eigenvalue weighted by Gasteiger charge is -2.34. The Bertz CT molecular complexity index is 2370. The minimum absolute atomic E-state index is 0.0398. The maximum absolute atomic E-state index is 13.7. The number of aromatic nitrogens is 2. The Balaban J connectivity index is 0.839. The van der Waals surface area contributed by atoms with Crippen LogP contribution >= 0.6 is 11.6 Å². The molecule has 18 heteroatoms. The number of nitrogens with zero attached hydrogens (tertiary/aromatic N) is 5. The predicted octanol–water partition coefficient (Wildman–Crippen LogP) is 4.50. The fourth-order valence-electron chi connectivity index (χ4n) is 7.27. The van der Waals surface area contributed by atoms with Crippen molar-refractivity contribution in [2.24, 2.45) is 0 Å². The molecule has 7 rings (SSSR count). The van der Waals surface area contributed by atoms with Gasteiger partial charge in [0.1, 0.15) is 29.8 Å². The molecule has 1 atom stereocenters. The Morgan fingerprint density at radius 1 is 1.00 bits per heavy atom. The first-order valence-corrected chi connectivity index (χ1v) is 19.5. The molecule has 6 amide bonds. The molecule has 306 valence electrons. The highest BCUT2D eigenvalue weighted by molar-refractivity contribution is 6.31. The molecule has 0 aliphatic carbocycles. The van der Waals surface area contributed by atoms with Gasteiger partial charge < -0.3 is 25.6 Å². The number of carbonyl (C=O) groups excluding carboxylic acids is 6. The zero-order valence-corrected chi connectivity index (χ0v) is 32.8. The molecular weight excluding hydrogens is 785 g/mol. The second-order valence-electron chi connectivity index (χ2n) is 14.2. The summed E-state index contributed by atoms with van der Waals surface area (Å²) >= 11 is 5.95. The molecule has 0 spiro atoms. The number of anilines is 4. The fraction of sp³-hybridized carbons (Fsp3) is 0.317. The summed E-state index contributed by atoms with van der Waals surface area (Å²) in [7, 11) is 1.49. The lowest BCUT2D eigenvalue weighted by molar-refractivity contribution is -0.136. The van der Waals surface area contributed by atoms with Crippen molar-refractivity contribution < 1.29 is 37.9 Å². The van der Waals surface area contributed by atoms with Crippen molar-refractivity contribution >= 4 is 80.8 Å². The number of halogens is 2. The number of nitrogens with one attached hydrogen (secondary N) is 4. The molecule has 2 saturated heterocycles. The second-order valence-corrected chi connectivity index (χ2v) is 14.6. The van der Waals surface area contributed by atoms with Crippen molar-refractivity contribution in [3.8, 4) is 5.75 Å². The topological polar surface area (TPSA) is 195 Å². The number of rotatable bonds is 14. The number of piperazine rings is 1. The van der Waals surface area contributed by atoms with Crippen molar-refractivity contribution in [2.45, 2.75) is 38.1 Å². The van der Waals surface area contributed by atoms with E-state index >= 15 is 0 Å². The third-order valence-corrected chi connectivity index (χ3v) is 10.6. The number of piperidine rings is 1. The minimum Gasteiger partial charge on any atom is -0.494 e. The van der Waals surface area contributed by atoms with E-state index < -0.39 is 35.5 Å². The van der Waals surface area contributed by atoms with Crippen LogP contribution in [0.15, 0.2) is 67.0 Å². The Labute approximate surface area is 343 Å². The van der Waals surface area contributed by atoms with Crippen LogP contribution in [0, 0.1) is 5.82 Å². The van der Waals surface area contributed by atoms with Gasteiger partial charge in [-0.3, -0.25) is 43.9 Å². The molecular formula is C41H41ClFN9O7. The van der Waals surface area contributed by atoms with Crippen LogP contribution in [0.25, 0.3) is 10.9 Å². The van der Waals surface area contributed by atoms with Crippen molar-refractivity contribution in [3.05, 3.63) is 89.0 Å². The van der Waals surface area contributed by atoms with Crippen molar-refractivity contribution in [1.29, 1.82) is 0 Å². The van der Waals surface area contributed by atoms with Gasteiger partial charge in [-0.25, -0.2) is 14.4 Å². The van der Waals surface area contributed by atoms with Gasteiger partial charge in [0.15, 0.2) is 0 Å². The molecule has 3 aliphatic heterocycles. The van der Waals surface area contributed by atoms with Gasteiger partial charge >= 0.3 is 0 Å². The molecule has 0 saturated carbocycles. The zero-order chi connectivity index (χ0) is 41.6. The molecule has 3 aliphatic rings. The third kappa shape index (κ3) is 9.16. The molecule has 4 heterocycles. The quantitative estimate of drug-likeness (QED) is 0.0792. The molecule has 59 heavy (non-hydrogen) atoms. The number of benzene rings is 3. The lowest BCUT2D eigenvalue weighted by atomic mass is 10.0. The van der Waals surface area contributed by atoms with Gasteiger partial charge in [0, 0.05) is 81.0 Å². The maximum Gasteiger partial charge on any atom is 0.264 e. The summed E-state index contributed by atoms with van der Waals surface area (Å²) < 4.78 is 19.2. The molecule has 0 bridgehead atoms. The van der Waals surface area contributed by atoms with Crippen LogP contribution in [0.1, 0.15) is 52.8 Å². The fourth-order valence-corrected chi connectivity index (χ4v) is 7.45. The summed E-state index contributed by atoms with van der Waals surface area (Å²) in [5, 5.41) is 11.9. The van der Waals surface area contributed by atoms with Crippen LogP contribution in [0.3, 0.4) is 0 Å². The highest BCUT2D eigenvalue weighted by atomic mass is 35.5. The standard InChI is InChI=1S/C41H41ClFN9O7/c1-59-33-22-30-26(38(46-23-45-30)47-24-10-11-28(43)27(42)20-24)21-31(33)48-34(53)8-5-15-50-16-18-51(19-17-50)36(55)9-2-3-14-44-29-7-4-6-25-37(29)41(58)52(40(25)57)32-12-13-35(54)49-39(32)56/h4-8,10-11,20-23,32,44H,2-3,9,12-19H2,1H3,(H,48,53)(H,45,46,47)(H,49,54,56)/b8-5+. The summed E-state index contributed by atoms with van der Waals surface area (Å²) in [6.07, 6.45) is 6.33. The number of fused-ring (bicyclic) bond motifs is 2. The molecule has 1 unspecified atom stereocenters. The monoisotopic (exact) mass is 825 g/mol. The van der Waals surface area contributed by atoms with Crippen molar-refractivity contribution in [3.63, 3.8) is 0 Å². The highest BCUT2D eigenvalue weighted by Crippen LogP contribution is 2.35. The van der Waals surface area contributed by atoms with E-state index in [1.54, 1.807) is 36.4 Å². The van der Waals surface area contributed by atoms with E-state index in [1.807, 2.05) is 4.90 Å². The number of hydrogen-bond donors (Lipinski definition) is 4. The van der Waals surface area contributed by atoms with E-state index in [0.717, 1.165) is 4.90 Å². The van der Waals surface area contributed by atoms with Crippen LogP contribution in [0.5, 0.6) is 5.75 Å². The van der Waals surface area contributed by atoms with E-state index in [0.29, 0.717) is 98.1 Å². The Morgan fingerprint density at radius 2 is 1.81 bits per heavy atom. The number of imide groups is 2. The largest absolute Gasteiger partial charge is 0.494 e. The van der Waals surface area contributed by atoms with Gasteiger partial charge in [0.05, 0.1) is 34.5 Å². The number of carbonyl (C=O) groups is 6. The zero-order valence-electron chi connectivity index (χ0n) is 32.1. The first kappa shape index (κ1) is 40.7. The van der Waals surface area contributed by atoms with E-state index in [4.69, 9.17) is 16.3 Å². The summed E-state index contributed by atoms with van der Waals surface area (Å²) in [6.45, 7) is 3.39. The second kappa shape index (κ2) is 18.0. The molecule has 0 radical (unpaired) electrons. The smallest absolute Gasteiger partial charge is 0.264 e. The number of methoxy groups -OCH3 is 1. The summed E-state index contributed by atoms with van der Waals surface area (Å²) in [6, 6.07) is 11.5. The van der Waals surface area contributed by atoms with Crippen LogP contribution in [-0.2, 0) is 19.2 Å². The van der Waals surface area contributed by atoms with Gasteiger partial charge in [-0.15, -0.1) is 0 Å². The summed E-state index contributed by atoms with van der Waals surface area (Å²) in [5.41, 5.74) is 2.36. The van der Waals surface area contributed by atoms with Gasteiger partial charge in [0.25, 0.3) is 11.8 Å². The SMILES string of the molecule is COc1cc2ncnc(Nc3ccc(F)c(Cl)c3)c2cc1NC(=O)/C=C/CN1CCN(C(=O)CCCCNc2cccc3c2C(=O)N(C2CCC(=O)NC2=O)C3=O)CC1. The van der Waals surface area contributed by atoms with E-state index in [9.17, 15) is 33.2 Å². The third-order valence-electron chi connectivity index (χ3n) is 10.4. The number of hydrogen-bond acceptors (Lipinski definition) is 12. The van der Waals surface area contributed by atoms with Crippen LogP contribution < -0.4 is 26.0 Å². The molecule has 3 aromatic carbocycles. The molecule has 2 fully saturated rings. The van der Waals surface area contributed by atoms with Gasteiger partial charge in [-0.2, -0.15) is 0 Å². The van der Waals surface area contributed by atoms with Gasteiger partial charge in [-0.1, -0.05) is 23.7 Å². The Morgan fingerprint density at radius 3 is 2.58 bits per heavy atom. The normalized spacial score (nSPS) is 17.0. The predicted molar refractivity (Wildman–Crippen MR) is 217 cm³/mol. The van der Waals surface area contributed by atoms with Crippen molar-refractivity contribution in [1.82, 2.24) is 30.0 Å². The van der Waals surface area contributed by atoms with E-state index in [2.05, 4.69) is 36.1 Å². The van der Waals surface area contributed by atoms with Crippen molar-refractivity contribution in [2.75, 3.05) is 62.3 Å². The van der Waals surface area contributed by atoms with Crippen LogP contribution in [-0.4, -0.2) is 113 Å². The van der Waals surface area contributed by atoms with E-state index in [1.165, 1.54) is 37.7 Å². The Hall–Kier alpha value is -6.46. The maximum atomic E-state index is 13.7. The van der Waals surface area contributed by atoms with E-state index in [-0.39, 0.29) is 40.8 Å². The number of unbranched alkanes of at least 4 members (excludes halogenated alkanes) is 1. The molecule has 4 aromatic rings. The van der Waals surface area contributed by atoms with Crippen LogP contribution in [0.2, 0.25) is 5.02 Å². The first-order chi connectivity index (χ1) is 28.5. The molecule has 16 nitrogen and oxygen atoms in total. The lowest BCUT2D eigenvalue weighted by Crippen LogP contribution is -2.54. The minimum atomic E-state index is -1.04. The summed E-state index contributed by atoms with van der Waals surface area (Å²) in [5.74, 6) is -2.26. The average molecular weight is 826 g/mol. The summed E-state index contributed by atoms with van der Waals surface area (Å²) in [4.78, 5) is 89.9. The molecule has 1 aromatic heterocycles. The van der Waals surface area contributed by atoms with Crippen LogP contribution in [0.4, 0.5) is 27.3 Å².